The van der Waals surface area contributed by atoms with Gasteiger partial charge in [0.25, 0.3) is 0 Å². The van der Waals surface area contributed by atoms with Crippen LogP contribution in [0.3, 0.4) is 0 Å². The smallest absolute Gasteiger partial charge is 0.229 e. The van der Waals surface area contributed by atoms with Crippen LogP contribution < -0.4 is 15.0 Å². The Balaban J connectivity index is 1.47. The van der Waals surface area contributed by atoms with Gasteiger partial charge in [0, 0.05) is 24.8 Å². The molecule has 0 aliphatic carbocycles. The minimum absolute atomic E-state index is 0.000101. The molecule has 0 spiro atoms. The normalized spacial score (nSPS) is 17.1. The number of carbonyl (C=O) groups is 1. The van der Waals surface area contributed by atoms with Crippen LogP contribution in [0.4, 0.5) is 15.2 Å². The van der Waals surface area contributed by atoms with Crippen molar-refractivity contribution in [1.29, 1.82) is 0 Å². The van der Waals surface area contributed by atoms with Crippen LogP contribution in [0.2, 0.25) is 0 Å². The molecule has 1 aliphatic rings. The minimum atomic E-state index is -0.258. The highest BCUT2D eigenvalue weighted by atomic mass is 32.1. The molecular weight excluding hydrogens is 365 g/mol. The number of methoxy groups -OCH3 is 1. The third kappa shape index (κ3) is 3.88. The van der Waals surface area contributed by atoms with E-state index in [0.717, 1.165) is 40.4 Å². The molecule has 2 aromatic carbocycles. The van der Waals surface area contributed by atoms with Crippen molar-refractivity contribution in [2.24, 2.45) is 5.92 Å². The highest BCUT2D eigenvalue weighted by Crippen LogP contribution is 2.32. The van der Waals surface area contributed by atoms with Crippen molar-refractivity contribution in [3.8, 4) is 5.75 Å². The molecule has 1 N–H and O–H groups in total. The van der Waals surface area contributed by atoms with Crippen LogP contribution in [0.15, 0.2) is 42.5 Å². The van der Waals surface area contributed by atoms with Crippen LogP contribution in [0.25, 0.3) is 10.2 Å². The molecule has 4 rings (SSSR count). The number of hydrogen-bond donors (Lipinski definition) is 1. The Kier molecular flexibility index (Phi) is 4.94. The van der Waals surface area contributed by atoms with Gasteiger partial charge in [0.1, 0.15) is 11.6 Å². The first-order chi connectivity index (χ1) is 13.1. The van der Waals surface area contributed by atoms with E-state index in [9.17, 15) is 9.18 Å². The number of rotatable bonds is 4. The molecule has 1 atom stereocenters. The van der Waals surface area contributed by atoms with Gasteiger partial charge in [0.2, 0.25) is 5.91 Å². The molecule has 27 heavy (non-hydrogen) atoms. The number of aromatic nitrogens is 1. The van der Waals surface area contributed by atoms with Gasteiger partial charge in [-0.2, -0.15) is 0 Å². The minimum Gasteiger partial charge on any atom is -0.497 e. The summed E-state index contributed by atoms with van der Waals surface area (Å²) in [7, 11) is 1.60. The van der Waals surface area contributed by atoms with Crippen LogP contribution in [0.5, 0.6) is 5.75 Å². The second kappa shape index (κ2) is 7.52. The summed E-state index contributed by atoms with van der Waals surface area (Å²) in [5.74, 6) is 0.334. The zero-order chi connectivity index (χ0) is 18.8. The number of fused-ring (bicyclic) bond motifs is 1. The van der Waals surface area contributed by atoms with Crippen molar-refractivity contribution >= 4 is 38.3 Å². The standard InChI is InChI=1S/C20H20FN3O2S/c1-26-16-6-2-5-15(11-16)22-19(25)13-4-3-9-24(12-13)20-23-17-8-7-14(21)10-18(17)27-20/h2,5-8,10-11,13H,3-4,9,12H2,1H3,(H,22,25). The largest absolute Gasteiger partial charge is 0.497 e. The number of ether oxygens (including phenoxy) is 1. The Morgan fingerprint density at radius 3 is 3.07 bits per heavy atom. The van der Waals surface area contributed by atoms with Gasteiger partial charge in [-0.05, 0) is 43.2 Å². The molecule has 5 nitrogen and oxygen atoms in total. The highest BCUT2D eigenvalue weighted by Gasteiger charge is 2.27. The SMILES string of the molecule is COc1cccc(NC(=O)C2CCCN(c3nc4ccc(F)cc4s3)C2)c1. The van der Waals surface area contributed by atoms with E-state index >= 15 is 0 Å². The van der Waals surface area contributed by atoms with Crippen LogP contribution >= 0.6 is 11.3 Å². The number of hydrogen-bond acceptors (Lipinski definition) is 5. The van der Waals surface area contributed by atoms with E-state index in [1.807, 2.05) is 18.2 Å². The average Bonchev–Trinajstić information content (AvgIpc) is 3.11. The van der Waals surface area contributed by atoms with Crippen LogP contribution in [-0.2, 0) is 4.79 Å². The Morgan fingerprint density at radius 1 is 1.33 bits per heavy atom. The van der Waals surface area contributed by atoms with Gasteiger partial charge in [-0.15, -0.1) is 0 Å². The predicted molar refractivity (Wildman–Crippen MR) is 106 cm³/mol. The van der Waals surface area contributed by atoms with Gasteiger partial charge in [0.15, 0.2) is 5.13 Å². The van der Waals surface area contributed by atoms with Crippen molar-refractivity contribution < 1.29 is 13.9 Å². The fraction of sp³-hybridized carbons (Fsp3) is 0.300. The maximum atomic E-state index is 13.4. The molecule has 1 unspecified atom stereocenters. The number of amides is 1. The molecule has 140 valence electrons. The Morgan fingerprint density at radius 2 is 2.22 bits per heavy atom. The van der Waals surface area contributed by atoms with E-state index in [4.69, 9.17) is 4.74 Å². The maximum Gasteiger partial charge on any atom is 0.229 e. The topological polar surface area (TPSA) is 54.5 Å². The van der Waals surface area contributed by atoms with Crippen molar-refractivity contribution in [3.63, 3.8) is 0 Å². The van der Waals surface area contributed by atoms with E-state index < -0.39 is 0 Å². The van der Waals surface area contributed by atoms with E-state index in [0.29, 0.717) is 12.3 Å². The lowest BCUT2D eigenvalue weighted by Gasteiger charge is -2.31. The molecule has 1 fully saturated rings. The molecule has 1 saturated heterocycles. The van der Waals surface area contributed by atoms with Crippen molar-refractivity contribution in [2.75, 3.05) is 30.4 Å². The fourth-order valence-corrected chi connectivity index (χ4v) is 4.36. The zero-order valence-electron chi connectivity index (χ0n) is 14.9. The van der Waals surface area contributed by atoms with Gasteiger partial charge in [-0.25, -0.2) is 9.37 Å². The zero-order valence-corrected chi connectivity index (χ0v) is 15.8. The highest BCUT2D eigenvalue weighted by molar-refractivity contribution is 7.22. The van der Waals surface area contributed by atoms with Gasteiger partial charge >= 0.3 is 0 Å². The first-order valence-electron chi connectivity index (χ1n) is 8.88. The summed E-state index contributed by atoms with van der Waals surface area (Å²) in [6.07, 6.45) is 1.76. The molecule has 1 aliphatic heterocycles. The molecular formula is C20H20FN3O2S. The third-order valence-corrected chi connectivity index (χ3v) is 5.82. The van der Waals surface area contributed by atoms with E-state index in [1.54, 1.807) is 19.2 Å². The Bertz CT molecular complexity index is 975. The average molecular weight is 385 g/mol. The Hall–Kier alpha value is -2.67. The fourth-order valence-electron chi connectivity index (χ4n) is 3.33. The van der Waals surface area contributed by atoms with E-state index in [-0.39, 0.29) is 17.6 Å². The summed E-state index contributed by atoms with van der Waals surface area (Å²) in [5.41, 5.74) is 1.52. The van der Waals surface area contributed by atoms with E-state index in [1.165, 1.54) is 23.5 Å². The molecule has 0 bridgehead atoms. The number of thiazole rings is 1. The van der Waals surface area contributed by atoms with Gasteiger partial charge in [0.05, 0.1) is 23.2 Å². The summed E-state index contributed by atoms with van der Waals surface area (Å²) in [6, 6.07) is 12.0. The lowest BCUT2D eigenvalue weighted by Crippen LogP contribution is -2.40. The van der Waals surface area contributed by atoms with Gasteiger partial charge in [-0.1, -0.05) is 17.4 Å². The summed E-state index contributed by atoms with van der Waals surface area (Å²) in [4.78, 5) is 19.4. The van der Waals surface area contributed by atoms with Gasteiger partial charge in [-0.3, -0.25) is 4.79 Å². The molecule has 1 amide bonds. The van der Waals surface area contributed by atoms with Gasteiger partial charge < -0.3 is 15.0 Å². The van der Waals surface area contributed by atoms with Crippen LogP contribution in [-0.4, -0.2) is 31.1 Å². The molecule has 0 radical (unpaired) electrons. The number of nitrogens with one attached hydrogen (secondary N) is 1. The number of benzene rings is 2. The predicted octanol–water partition coefficient (Wildman–Crippen LogP) is 4.30. The molecule has 1 aromatic heterocycles. The van der Waals surface area contributed by atoms with Crippen molar-refractivity contribution in [2.45, 2.75) is 12.8 Å². The summed E-state index contributed by atoms with van der Waals surface area (Å²) >= 11 is 1.47. The maximum absolute atomic E-state index is 13.4. The van der Waals surface area contributed by atoms with E-state index in [2.05, 4.69) is 15.2 Å². The number of anilines is 2. The summed E-state index contributed by atoms with van der Waals surface area (Å²) in [5, 5.41) is 3.82. The monoisotopic (exact) mass is 385 g/mol. The molecule has 3 aromatic rings. The molecule has 0 saturated carbocycles. The lowest BCUT2D eigenvalue weighted by atomic mass is 9.97. The second-order valence-corrected chi connectivity index (χ2v) is 7.62. The number of piperidine rings is 1. The number of halogens is 1. The first-order valence-corrected chi connectivity index (χ1v) is 9.70. The van der Waals surface area contributed by atoms with Crippen molar-refractivity contribution in [3.05, 3.63) is 48.3 Å². The second-order valence-electron chi connectivity index (χ2n) is 6.61. The Labute approximate surface area is 160 Å². The first kappa shape index (κ1) is 17.7. The summed E-state index contributed by atoms with van der Waals surface area (Å²) in [6.45, 7) is 1.46. The summed E-state index contributed by atoms with van der Waals surface area (Å²) < 4.78 is 19.4. The third-order valence-electron chi connectivity index (χ3n) is 4.74. The lowest BCUT2D eigenvalue weighted by molar-refractivity contribution is -0.120. The number of carbonyl (C=O) groups excluding carboxylic acids is 1. The number of nitrogens with zero attached hydrogens (tertiary/aromatic N) is 2. The quantitative estimate of drug-likeness (QED) is 0.728. The van der Waals surface area contributed by atoms with Crippen LogP contribution in [0.1, 0.15) is 12.8 Å². The van der Waals surface area contributed by atoms with Crippen LogP contribution in [0, 0.1) is 11.7 Å². The van der Waals surface area contributed by atoms with Crippen molar-refractivity contribution in [1.82, 2.24) is 4.98 Å². The molecule has 2 heterocycles. The molecule has 7 heteroatoms.